The fourth-order valence-electron chi connectivity index (χ4n) is 5.49. The van der Waals surface area contributed by atoms with E-state index in [1.807, 2.05) is 12.1 Å². The Morgan fingerprint density at radius 1 is 0.973 bits per heavy atom. The minimum absolute atomic E-state index is 0.0503. The van der Waals surface area contributed by atoms with Crippen LogP contribution in [-0.2, 0) is 4.79 Å². The predicted molar refractivity (Wildman–Crippen MR) is 143 cm³/mol. The highest BCUT2D eigenvalue weighted by Gasteiger charge is 2.34. The number of hydrogen-bond acceptors (Lipinski definition) is 4. The van der Waals surface area contributed by atoms with Gasteiger partial charge in [0.1, 0.15) is 5.75 Å². The number of rotatable bonds is 7. The van der Waals surface area contributed by atoms with Crippen LogP contribution in [0.1, 0.15) is 73.3 Å². The zero-order chi connectivity index (χ0) is 26.4. The monoisotopic (exact) mass is 525 g/mol. The van der Waals surface area contributed by atoms with Gasteiger partial charge in [0.15, 0.2) is 0 Å². The lowest BCUT2D eigenvalue weighted by molar-refractivity contribution is -0.140. The van der Waals surface area contributed by atoms with Gasteiger partial charge >= 0.3 is 6.09 Å². The van der Waals surface area contributed by atoms with Gasteiger partial charge in [0.05, 0.1) is 6.04 Å². The molecule has 1 saturated heterocycles. The highest BCUT2D eigenvalue weighted by Crippen LogP contribution is 2.37. The molecule has 2 fully saturated rings. The number of benzene rings is 2. The maximum absolute atomic E-state index is 13.5. The minimum Gasteiger partial charge on any atom is -0.410 e. The third-order valence-corrected chi connectivity index (χ3v) is 8.02. The zero-order valence-electron chi connectivity index (χ0n) is 21.4. The van der Waals surface area contributed by atoms with Crippen LogP contribution in [0.25, 0.3) is 0 Å². The standard InChI is InChI=1S/C29H36ClN3O4/c1-32(29(36)37-25-15-13-24(30)14-16-25)19-17-20-5-7-23(8-6-20)28(35)33-18-3-2-4-26(33)21-9-11-22(12-10-21)27(31)34/h9-16,20,23,26H,2-8,17-19H2,1H3,(H2,31,34)/t20-,23-,26?. The Morgan fingerprint density at radius 2 is 1.65 bits per heavy atom. The topological polar surface area (TPSA) is 92.9 Å². The molecule has 2 N–H and O–H groups in total. The minimum atomic E-state index is -0.440. The Labute approximate surface area is 223 Å². The molecule has 2 aromatic rings. The van der Waals surface area contributed by atoms with Crippen LogP contribution in [0.4, 0.5) is 4.79 Å². The molecule has 1 aliphatic carbocycles. The Morgan fingerprint density at radius 3 is 2.30 bits per heavy atom. The number of nitrogens with zero attached hydrogens (tertiary/aromatic N) is 2. The van der Waals surface area contributed by atoms with E-state index in [0.717, 1.165) is 63.5 Å². The Balaban J connectivity index is 1.25. The zero-order valence-corrected chi connectivity index (χ0v) is 22.2. The van der Waals surface area contributed by atoms with E-state index < -0.39 is 5.91 Å². The molecule has 1 saturated carbocycles. The van der Waals surface area contributed by atoms with Gasteiger partial charge in [-0.1, -0.05) is 23.7 Å². The van der Waals surface area contributed by atoms with E-state index in [4.69, 9.17) is 22.1 Å². The first-order chi connectivity index (χ1) is 17.8. The van der Waals surface area contributed by atoms with Crippen molar-refractivity contribution in [3.8, 4) is 5.75 Å². The molecule has 1 atom stereocenters. The second-order valence-corrected chi connectivity index (χ2v) is 10.7. The highest BCUT2D eigenvalue weighted by atomic mass is 35.5. The largest absolute Gasteiger partial charge is 0.414 e. The van der Waals surface area contributed by atoms with Crippen molar-refractivity contribution in [3.05, 3.63) is 64.7 Å². The number of carbonyl (C=O) groups excluding carboxylic acids is 3. The number of nitrogens with two attached hydrogens (primary N) is 1. The van der Waals surface area contributed by atoms with Gasteiger partial charge in [-0.25, -0.2) is 4.79 Å². The molecule has 198 valence electrons. The van der Waals surface area contributed by atoms with Gasteiger partial charge in [-0.3, -0.25) is 9.59 Å². The highest BCUT2D eigenvalue weighted by molar-refractivity contribution is 6.30. The van der Waals surface area contributed by atoms with Gasteiger partial charge < -0.3 is 20.3 Å². The predicted octanol–water partition coefficient (Wildman–Crippen LogP) is 5.82. The molecule has 2 aliphatic rings. The van der Waals surface area contributed by atoms with Crippen LogP contribution in [0.5, 0.6) is 5.75 Å². The van der Waals surface area contributed by atoms with Gasteiger partial charge in [0.2, 0.25) is 11.8 Å². The second-order valence-electron chi connectivity index (χ2n) is 10.3. The molecule has 37 heavy (non-hydrogen) atoms. The third kappa shape index (κ3) is 7.04. The van der Waals surface area contributed by atoms with Crippen LogP contribution >= 0.6 is 11.6 Å². The van der Waals surface area contributed by atoms with E-state index in [1.54, 1.807) is 48.3 Å². The van der Waals surface area contributed by atoms with E-state index in [9.17, 15) is 14.4 Å². The summed E-state index contributed by atoms with van der Waals surface area (Å²) in [6.07, 6.45) is 7.30. The van der Waals surface area contributed by atoms with Gasteiger partial charge in [0.25, 0.3) is 0 Å². The lowest BCUT2D eigenvalue weighted by Crippen LogP contribution is -2.43. The summed E-state index contributed by atoms with van der Waals surface area (Å²) in [4.78, 5) is 41.0. The van der Waals surface area contributed by atoms with Crippen molar-refractivity contribution in [1.29, 1.82) is 0 Å². The molecule has 0 bridgehead atoms. The summed E-state index contributed by atoms with van der Waals surface area (Å²) in [7, 11) is 1.75. The molecule has 4 rings (SSSR count). The first-order valence-corrected chi connectivity index (χ1v) is 13.6. The van der Waals surface area contributed by atoms with Gasteiger partial charge in [-0.05, 0) is 99.2 Å². The van der Waals surface area contributed by atoms with E-state index in [-0.39, 0.29) is 24.0 Å². The third-order valence-electron chi connectivity index (χ3n) is 7.77. The van der Waals surface area contributed by atoms with Gasteiger partial charge in [-0.2, -0.15) is 0 Å². The number of piperidine rings is 1. The summed E-state index contributed by atoms with van der Waals surface area (Å²) in [5, 5.41) is 0.594. The summed E-state index contributed by atoms with van der Waals surface area (Å²) in [5.74, 6) is 0.832. The molecule has 7 nitrogen and oxygen atoms in total. The molecule has 1 unspecified atom stereocenters. The second kappa shape index (κ2) is 12.5. The summed E-state index contributed by atoms with van der Waals surface area (Å²) in [5.41, 5.74) is 6.94. The maximum atomic E-state index is 13.5. The molecule has 8 heteroatoms. The average molecular weight is 526 g/mol. The van der Waals surface area contributed by atoms with Crippen LogP contribution in [0.15, 0.2) is 48.5 Å². The number of primary amides is 1. The van der Waals surface area contributed by atoms with Crippen LogP contribution in [0, 0.1) is 11.8 Å². The van der Waals surface area contributed by atoms with Crippen molar-refractivity contribution < 1.29 is 19.1 Å². The number of likely N-dealkylation sites (tertiary alicyclic amines) is 1. The van der Waals surface area contributed by atoms with Crippen molar-refractivity contribution in [2.45, 2.75) is 57.4 Å². The van der Waals surface area contributed by atoms with Crippen LogP contribution in [0.2, 0.25) is 5.02 Å². The van der Waals surface area contributed by atoms with E-state index >= 15 is 0 Å². The van der Waals surface area contributed by atoms with E-state index in [0.29, 0.717) is 28.8 Å². The molecule has 3 amide bonds. The number of ether oxygens (including phenoxy) is 1. The van der Waals surface area contributed by atoms with Gasteiger partial charge in [0, 0.05) is 36.6 Å². The average Bonchev–Trinajstić information content (AvgIpc) is 2.93. The molecule has 1 heterocycles. The van der Waals surface area contributed by atoms with Crippen molar-refractivity contribution in [2.24, 2.45) is 17.6 Å². The number of amides is 3. The number of halogens is 1. The number of carbonyl (C=O) groups is 3. The molecule has 0 spiro atoms. The summed E-state index contributed by atoms with van der Waals surface area (Å²) in [6, 6.07) is 14.2. The lowest BCUT2D eigenvalue weighted by Gasteiger charge is -2.40. The fraction of sp³-hybridized carbons (Fsp3) is 0.483. The van der Waals surface area contributed by atoms with Crippen LogP contribution < -0.4 is 10.5 Å². The molecular weight excluding hydrogens is 490 g/mol. The first-order valence-electron chi connectivity index (χ1n) is 13.2. The van der Waals surface area contributed by atoms with Crippen LogP contribution in [-0.4, -0.2) is 47.8 Å². The van der Waals surface area contributed by atoms with E-state index in [2.05, 4.69) is 4.90 Å². The Hall–Kier alpha value is -3.06. The lowest BCUT2D eigenvalue weighted by atomic mass is 9.79. The molecule has 2 aromatic carbocycles. The number of hydrogen-bond donors (Lipinski definition) is 1. The van der Waals surface area contributed by atoms with Crippen LogP contribution in [0.3, 0.4) is 0 Å². The normalized spacial score (nSPS) is 21.8. The molecule has 1 aliphatic heterocycles. The summed E-state index contributed by atoms with van der Waals surface area (Å²) >= 11 is 5.88. The SMILES string of the molecule is CN(CC[C@H]1CC[C@H](C(=O)N2CCCCC2c2ccc(C(N)=O)cc2)CC1)C(=O)Oc1ccc(Cl)cc1. The summed E-state index contributed by atoms with van der Waals surface area (Å²) in [6.45, 7) is 1.40. The summed E-state index contributed by atoms with van der Waals surface area (Å²) < 4.78 is 5.41. The Bertz CT molecular complexity index is 1080. The maximum Gasteiger partial charge on any atom is 0.414 e. The van der Waals surface area contributed by atoms with E-state index in [1.165, 1.54) is 0 Å². The quantitative estimate of drug-likeness (QED) is 0.493. The molecule has 0 radical (unpaired) electrons. The molecule has 0 aromatic heterocycles. The first kappa shape index (κ1) is 27.0. The smallest absolute Gasteiger partial charge is 0.410 e. The fourth-order valence-corrected chi connectivity index (χ4v) is 5.62. The van der Waals surface area contributed by atoms with Crippen molar-refractivity contribution in [3.63, 3.8) is 0 Å². The molecular formula is C29H36ClN3O4. The van der Waals surface area contributed by atoms with Gasteiger partial charge in [-0.15, -0.1) is 0 Å². The Kier molecular flexibility index (Phi) is 9.09. The van der Waals surface area contributed by atoms with Crippen molar-refractivity contribution in [1.82, 2.24) is 9.80 Å². The van der Waals surface area contributed by atoms with Crippen molar-refractivity contribution >= 4 is 29.5 Å². The van der Waals surface area contributed by atoms with Crippen molar-refractivity contribution in [2.75, 3.05) is 20.1 Å².